The average molecular weight is 487 g/mol. The Morgan fingerprint density at radius 1 is 0.611 bits per heavy atom. The van der Waals surface area contributed by atoms with Gasteiger partial charge in [-0.3, -0.25) is 9.80 Å². The minimum absolute atomic E-state index is 0.677. The van der Waals surface area contributed by atoms with Gasteiger partial charge in [0.1, 0.15) is 0 Å². The Morgan fingerprint density at radius 3 is 1.42 bits per heavy atom. The third-order valence-corrected chi connectivity index (χ3v) is 5.53. The Hall–Kier alpha value is -3.48. The molecule has 6 heteroatoms. The molecule has 0 radical (unpaired) electrons. The van der Waals surface area contributed by atoms with Crippen molar-refractivity contribution in [1.82, 2.24) is 9.80 Å². The van der Waals surface area contributed by atoms with Crippen LogP contribution in [0.4, 0.5) is 0 Å². The van der Waals surface area contributed by atoms with Crippen LogP contribution in [-0.2, 0) is 26.2 Å². The predicted molar refractivity (Wildman–Crippen MR) is 148 cm³/mol. The summed E-state index contributed by atoms with van der Waals surface area (Å²) < 4.78 is 0. The highest BCUT2D eigenvalue weighted by Gasteiger charge is 2.17. The number of oxime groups is 2. The summed E-state index contributed by atoms with van der Waals surface area (Å²) in [6, 6.07) is 25.0. The zero-order valence-electron chi connectivity index (χ0n) is 21.9. The Labute approximate surface area is 215 Å². The molecule has 0 bridgehead atoms. The Morgan fingerprint density at radius 2 is 1.03 bits per heavy atom. The first-order valence-electron chi connectivity index (χ1n) is 12.6. The average Bonchev–Trinajstić information content (AvgIpc) is 2.87. The van der Waals surface area contributed by atoms with Gasteiger partial charge in [-0.25, -0.2) is 0 Å². The van der Waals surface area contributed by atoms with E-state index in [1.54, 1.807) is 12.4 Å². The van der Waals surface area contributed by atoms with Gasteiger partial charge in [0.05, 0.1) is 0 Å². The van der Waals surface area contributed by atoms with Gasteiger partial charge in [0.15, 0.2) is 11.5 Å². The minimum atomic E-state index is 0.677. The molecule has 0 spiro atoms. The van der Waals surface area contributed by atoms with Gasteiger partial charge in [0.2, 0.25) is 0 Å². The van der Waals surface area contributed by atoms with Crippen LogP contribution in [0.3, 0.4) is 0 Å². The summed E-state index contributed by atoms with van der Waals surface area (Å²) >= 11 is 0. The van der Waals surface area contributed by atoms with Gasteiger partial charge in [0.25, 0.3) is 0 Å². The lowest BCUT2D eigenvalue weighted by Crippen LogP contribution is -2.20. The zero-order chi connectivity index (χ0) is 25.6. The van der Waals surface area contributed by atoms with Crippen LogP contribution in [0.25, 0.3) is 0 Å². The lowest BCUT2D eigenvalue weighted by atomic mass is 10.1. The van der Waals surface area contributed by atoms with Crippen LogP contribution >= 0.6 is 0 Å². The molecule has 0 saturated carbocycles. The second kappa shape index (κ2) is 14.8. The third kappa shape index (κ3) is 8.95. The monoisotopic (exact) mass is 486 g/mol. The zero-order valence-corrected chi connectivity index (χ0v) is 21.9. The van der Waals surface area contributed by atoms with Crippen molar-refractivity contribution >= 4 is 12.4 Å². The fourth-order valence-corrected chi connectivity index (χ4v) is 3.89. The van der Waals surface area contributed by atoms with Gasteiger partial charge in [-0.2, -0.15) is 0 Å². The van der Waals surface area contributed by atoms with E-state index < -0.39 is 0 Å². The summed E-state index contributed by atoms with van der Waals surface area (Å²) in [7, 11) is 4.23. The molecule has 0 aliphatic carbocycles. The molecular weight excluding hydrogens is 448 g/mol. The fraction of sp³-hybridized carbons (Fsp3) is 0.333. The predicted octanol–water partition coefficient (Wildman–Crippen LogP) is 6.50. The third-order valence-electron chi connectivity index (χ3n) is 5.53. The molecular formula is C30H38N4O2. The van der Waals surface area contributed by atoms with E-state index in [9.17, 15) is 0 Å². The van der Waals surface area contributed by atoms with Crippen molar-refractivity contribution in [2.45, 2.75) is 52.9 Å². The Bertz CT molecular complexity index is 1020. The van der Waals surface area contributed by atoms with Gasteiger partial charge in [-0.15, -0.1) is 0 Å². The van der Waals surface area contributed by atoms with Crippen molar-refractivity contribution in [3.05, 3.63) is 95.1 Å². The van der Waals surface area contributed by atoms with Crippen LogP contribution in [0, 0.1) is 0 Å². The lowest BCUT2D eigenvalue weighted by Gasteiger charge is -2.22. The van der Waals surface area contributed by atoms with Gasteiger partial charge in [0, 0.05) is 55.8 Å². The van der Waals surface area contributed by atoms with Crippen LogP contribution in [0.5, 0.6) is 11.5 Å². The molecule has 190 valence electrons. The van der Waals surface area contributed by atoms with E-state index in [0.717, 1.165) is 37.1 Å². The second-order valence-corrected chi connectivity index (χ2v) is 8.96. The van der Waals surface area contributed by atoms with Crippen molar-refractivity contribution in [3.8, 4) is 11.5 Å². The van der Waals surface area contributed by atoms with E-state index in [1.165, 1.54) is 11.1 Å². The second-order valence-electron chi connectivity index (χ2n) is 8.96. The maximum atomic E-state index is 5.83. The summed E-state index contributed by atoms with van der Waals surface area (Å²) in [6.45, 7) is 7.14. The highest BCUT2D eigenvalue weighted by atomic mass is 16.6. The van der Waals surface area contributed by atoms with Gasteiger partial charge in [-0.05, 0) is 44.1 Å². The molecule has 0 N–H and O–H groups in total. The molecule has 0 aliphatic rings. The number of rotatable bonds is 14. The SMILES string of the molecule is CC/C=N\Oc1cc(O/N=C/CC)c(CN(C)Cc2ccccc2)cc1CN(C)Cc1ccccc1. The van der Waals surface area contributed by atoms with E-state index in [2.05, 4.69) is 88.8 Å². The normalized spacial score (nSPS) is 11.7. The first kappa shape index (κ1) is 27.1. The molecule has 6 nitrogen and oxygen atoms in total. The topological polar surface area (TPSA) is 49.7 Å². The summed E-state index contributed by atoms with van der Waals surface area (Å²) in [5.74, 6) is 1.35. The maximum Gasteiger partial charge on any atom is 0.166 e. The number of benzene rings is 3. The van der Waals surface area contributed by atoms with Crippen molar-refractivity contribution in [3.63, 3.8) is 0 Å². The van der Waals surface area contributed by atoms with E-state index in [4.69, 9.17) is 9.68 Å². The van der Waals surface area contributed by atoms with E-state index in [1.807, 2.05) is 32.0 Å². The molecule has 0 fully saturated rings. The molecule has 0 amide bonds. The lowest BCUT2D eigenvalue weighted by molar-refractivity contribution is 0.284. The highest BCUT2D eigenvalue weighted by molar-refractivity contribution is 5.57. The Kier molecular flexibility index (Phi) is 11.2. The van der Waals surface area contributed by atoms with Crippen molar-refractivity contribution < 1.29 is 9.68 Å². The molecule has 0 saturated heterocycles. The molecule has 0 aliphatic heterocycles. The van der Waals surface area contributed by atoms with Crippen molar-refractivity contribution in [1.29, 1.82) is 0 Å². The summed E-state index contributed by atoms with van der Waals surface area (Å²) in [6.07, 6.45) is 5.12. The molecule has 0 aromatic heterocycles. The first-order chi connectivity index (χ1) is 17.6. The molecule has 0 heterocycles. The van der Waals surface area contributed by atoms with Crippen LogP contribution in [0.15, 0.2) is 83.1 Å². The summed E-state index contributed by atoms with van der Waals surface area (Å²) in [5, 5.41) is 8.30. The Balaban J connectivity index is 1.89. The minimum Gasteiger partial charge on any atom is -0.357 e. The van der Waals surface area contributed by atoms with Gasteiger partial charge >= 0.3 is 0 Å². The van der Waals surface area contributed by atoms with Crippen LogP contribution in [0.2, 0.25) is 0 Å². The van der Waals surface area contributed by atoms with Crippen LogP contribution < -0.4 is 9.68 Å². The van der Waals surface area contributed by atoms with Gasteiger partial charge in [-0.1, -0.05) is 84.8 Å². The fourth-order valence-electron chi connectivity index (χ4n) is 3.89. The smallest absolute Gasteiger partial charge is 0.166 e. The molecule has 36 heavy (non-hydrogen) atoms. The van der Waals surface area contributed by atoms with E-state index >= 15 is 0 Å². The molecule has 3 aromatic rings. The molecule has 3 rings (SSSR count). The highest BCUT2D eigenvalue weighted by Crippen LogP contribution is 2.32. The van der Waals surface area contributed by atoms with E-state index in [0.29, 0.717) is 24.6 Å². The van der Waals surface area contributed by atoms with Crippen LogP contribution in [0.1, 0.15) is 48.9 Å². The summed E-state index contributed by atoms with van der Waals surface area (Å²) in [4.78, 5) is 16.2. The molecule has 3 aromatic carbocycles. The number of hydrogen-bond donors (Lipinski definition) is 0. The molecule has 0 atom stereocenters. The maximum absolute atomic E-state index is 5.83. The molecule has 0 unspecified atom stereocenters. The number of nitrogens with zero attached hydrogens (tertiary/aromatic N) is 4. The van der Waals surface area contributed by atoms with E-state index in [-0.39, 0.29) is 0 Å². The van der Waals surface area contributed by atoms with Crippen LogP contribution in [-0.4, -0.2) is 36.3 Å². The number of hydrogen-bond acceptors (Lipinski definition) is 6. The standard InChI is InChI=1S/C30H38N4O2/c1-5-17-31-35-29-20-30(36-32-18-6-2)28(24-34(4)22-26-15-11-8-12-16-26)19-27(29)23-33(3)21-25-13-9-7-10-14-25/h7-20H,5-6,21-24H2,1-4H3/b31-17-,32-18+. The van der Waals surface area contributed by atoms with Gasteiger partial charge < -0.3 is 9.68 Å². The first-order valence-corrected chi connectivity index (χ1v) is 12.6. The van der Waals surface area contributed by atoms with Crippen molar-refractivity contribution in [2.75, 3.05) is 14.1 Å². The summed E-state index contributed by atoms with van der Waals surface area (Å²) in [5.41, 5.74) is 4.64. The quantitative estimate of drug-likeness (QED) is 0.193. The van der Waals surface area contributed by atoms with Crippen molar-refractivity contribution in [2.24, 2.45) is 10.3 Å². The largest absolute Gasteiger partial charge is 0.357 e.